The van der Waals surface area contributed by atoms with E-state index in [4.69, 9.17) is 4.74 Å². The van der Waals surface area contributed by atoms with Gasteiger partial charge in [-0.2, -0.15) is 4.31 Å². The number of nitrogens with zero attached hydrogens (tertiary/aromatic N) is 2. The van der Waals surface area contributed by atoms with Crippen molar-refractivity contribution >= 4 is 38.9 Å². The van der Waals surface area contributed by atoms with Crippen molar-refractivity contribution in [2.75, 3.05) is 25.0 Å². The molecule has 172 valence electrons. The number of thiophene rings is 1. The van der Waals surface area contributed by atoms with Crippen LogP contribution in [0.5, 0.6) is 0 Å². The van der Waals surface area contributed by atoms with Gasteiger partial charge in [-0.05, 0) is 62.4 Å². The molecule has 0 aliphatic carbocycles. The first-order valence-electron chi connectivity index (χ1n) is 10.7. The Hall–Kier alpha value is -2.27. The maximum Gasteiger partial charge on any atom is 0.264 e. The molecule has 1 aromatic heterocycles. The molecule has 8 nitrogen and oxygen atoms in total. The second-order valence-corrected chi connectivity index (χ2v) is 11.1. The minimum absolute atomic E-state index is 0.131. The first-order chi connectivity index (χ1) is 15.3. The average molecular weight is 478 g/mol. The van der Waals surface area contributed by atoms with Crippen LogP contribution in [-0.2, 0) is 19.6 Å². The zero-order chi connectivity index (χ0) is 22.9. The Bertz CT molecular complexity index is 1060. The Morgan fingerprint density at radius 1 is 1.09 bits per heavy atom. The number of hydrogen-bond acceptors (Lipinski definition) is 6. The Morgan fingerprint density at radius 2 is 1.78 bits per heavy atom. The van der Waals surface area contributed by atoms with Gasteiger partial charge < -0.3 is 15.0 Å². The van der Waals surface area contributed by atoms with Crippen LogP contribution in [-0.4, -0.2) is 67.3 Å². The maximum absolute atomic E-state index is 13.0. The molecule has 3 atom stereocenters. The van der Waals surface area contributed by atoms with E-state index in [1.54, 1.807) is 23.1 Å². The van der Waals surface area contributed by atoms with Gasteiger partial charge in [-0.3, -0.25) is 9.59 Å². The van der Waals surface area contributed by atoms with Gasteiger partial charge in [-0.15, -0.1) is 11.3 Å². The highest BCUT2D eigenvalue weighted by atomic mass is 32.2. The molecule has 0 saturated carbocycles. The van der Waals surface area contributed by atoms with Crippen LogP contribution < -0.4 is 5.32 Å². The summed E-state index contributed by atoms with van der Waals surface area (Å²) in [6.07, 6.45) is 1.03. The zero-order valence-corrected chi connectivity index (χ0v) is 19.7. The van der Waals surface area contributed by atoms with E-state index >= 15 is 0 Å². The van der Waals surface area contributed by atoms with Crippen LogP contribution in [0.15, 0.2) is 46.7 Å². The van der Waals surface area contributed by atoms with Crippen molar-refractivity contribution in [1.29, 1.82) is 0 Å². The lowest BCUT2D eigenvalue weighted by molar-refractivity contribution is -0.119. The standard InChI is InChI=1S/C22H27N3O5S2/c1-15-13-24(14-16(2)30-15)32(28,29)18-9-7-17(8-10-18)23-21(26)19-5-3-11-25(19)22(27)20-6-4-12-31-20/h4,6-10,12,15-16,19H,3,5,11,13-14H2,1-2H3,(H,23,26)/t15?,16?,19-/m0/s1. The minimum atomic E-state index is -3.64. The van der Waals surface area contributed by atoms with Crippen molar-refractivity contribution in [3.63, 3.8) is 0 Å². The molecule has 3 heterocycles. The number of carbonyl (C=O) groups excluding carboxylic acids is 2. The number of nitrogens with one attached hydrogen (secondary N) is 1. The van der Waals surface area contributed by atoms with Gasteiger partial charge in [0.1, 0.15) is 6.04 Å². The predicted molar refractivity (Wildman–Crippen MR) is 122 cm³/mol. The molecular weight excluding hydrogens is 450 g/mol. The predicted octanol–water partition coefficient (Wildman–Crippen LogP) is 2.79. The van der Waals surface area contributed by atoms with Crippen molar-refractivity contribution < 1.29 is 22.7 Å². The molecule has 32 heavy (non-hydrogen) atoms. The first kappa shape index (κ1) is 22.9. The number of likely N-dealkylation sites (tertiary alicyclic amines) is 1. The molecule has 2 saturated heterocycles. The van der Waals surface area contributed by atoms with Crippen LogP contribution in [0, 0.1) is 0 Å². The molecule has 4 rings (SSSR count). The van der Waals surface area contributed by atoms with Gasteiger partial charge in [-0.1, -0.05) is 6.07 Å². The topological polar surface area (TPSA) is 96.0 Å². The molecule has 2 unspecified atom stereocenters. The molecule has 2 amide bonds. The summed E-state index contributed by atoms with van der Waals surface area (Å²) in [6.45, 7) is 4.86. The SMILES string of the molecule is CC1CN(S(=O)(=O)c2ccc(NC(=O)[C@@H]3CCCN3C(=O)c3cccs3)cc2)CC(C)O1. The van der Waals surface area contributed by atoms with Crippen molar-refractivity contribution in [3.8, 4) is 0 Å². The van der Waals surface area contributed by atoms with Crippen LogP contribution in [0.4, 0.5) is 5.69 Å². The summed E-state index contributed by atoms with van der Waals surface area (Å²) in [5, 5.41) is 4.67. The molecule has 2 aliphatic heterocycles. The second kappa shape index (κ2) is 9.30. The number of morpholine rings is 1. The minimum Gasteiger partial charge on any atom is -0.373 e. The van der Waals surface area contributed by atoms with Gasteiger partial charge in [-0.25, -0.2) is 8.42 Å². The summed E-state index contributed by atoms with van der Waals surface area (Å²) in [4.78, 5) is 28.0. The Balaban J connectivity index is 1.43. The van der Waals surface area contributed by atoms with E-state index in [0.717, 1.165) is 6.42 Å². The fourth-order valence-electron chi connectivity index (χ4n) is 4.24. The van der Waals surface area contributed by atoms with Gasteiger partial charge in [0.15, 0.2) is 0 Å². The molecule has 2 aromatic rings. The summed E-state index contributed by atoms with van der Waals surface area (Å²) < 4.78 is 33.0. The number of carbonyl (C=O) groups is 2. The van der Waals surface area contributed by atoms with E-state index in [-0.39, 0.29) is 28.9 Å². The number of anilines is 1. The fraction of sp³-hybridized carbons (Fsp3) is 0.455. The average Bonchev–Trinajstić information content (AvgIpc) is 3.45. The summed E-state index contributed by atoms with van der Waals surface area (Å²) >= 11 is 1.36. The van der Waals surface area contributed by atoms with E-state index in [9.17, 15) is 18.0 Å². The summed E-state index contributed by atoms with van der Waals surface area (Å²) in [6, 6.07) is 9.20. The largest absolute Gasteiger partial charge is 0.373 e. The maximum atomic E-state index is 13.0. The van der Waals surface area contributed by atoms with Crippen LogP contribution in [0.25, 0.3) is 0 Å². The van der Waals surface area contributed by atoms with Gasteiger partial charge in [0.05, 0.1) is 22.0 Å². The lowest BCUT2D eigenvalue weighted by atomic mass is 10.2. The number of ether oxygens (including phenoxy) is 1. The van der Waals surface area contributed by atoms with E-state index in [0.29, 0.717) is 36.6 Å². The van der Waals surface area contributed by atoms with Gasteiger partial charge in [0, 0.05) is 25.3 Å². The molecule has 10 heteroatoms. The van der Waals surface area contributed by atoms with Crippen molar-refractivity contribution in [2.45, 2.75) is 49.8 Å². The van der Waals surface area contributed by atoms with Crippen LogP contribution in [0.2, 0.25) is 0 Å². The van der Waals surface area contributed by atoms with Gasteiger partial charge >= 0.3 is 0 Å². The molecule has 2 aliphatic rings. The smallest absolute Gasteiger partial charge is 0.264 e. The first-order valence-corrected chi connectivity index (χ1v) is 13.0. The molecule has 1 N–H and O–H groups in total. The van der Waals surface area contributed by atoms with Crippen LogP contribution >= 0.6 is 11.3 Å². The summed E-state index contributed by atoms with van der Waals surface area (Å²) in [7, 11) is -3.64. The molecule has 0 spiro atoms. The lowest BCUT2D eigenvalue weighted by Crippen LogP contribution is -2.48. The number of hydrogen-bond donors (Lipinski definition) is 1. The molecular formula is C22H27N3O5S2. The highest BCUT2D eigenvalue weighted by Crippen LogP contribution is 2.25. The quantitative estimate of drug-likeness (QED) is 0.714. The van der Waals surface area contributed by atoms with Gasteiger partial charge in [0.2, 0.25) is 15.9 Å². The number of sulfonamides is 1. The van der Waals surface area contributed by atoms with E-state index in [1.165, 1.54) is 27.8 Å². The second-order valence-electron chi connectivity index (χ2n) is 8.23. The van der Waals surface area contributed by atoms with Crippen molar-refractivity contribution in [2.24, 2.45) is 0 Å². The third-order valence-electron chi connectivity index (χ3n) is 5.69. The Labute approximate surface area is 192 Å². The van der Waals surface area contributed by atoms with E-state index in [1.807, 2.05) is 25.3 Å². The number of benzene rings is 1. The third-order valence-corrected chi connectivity index (χ3v) is 8.40. The van der Waals surface area contributed by atoms with E-state index in [2.05, 4.69) is 5.32 Å². The van der Waals surface area contributed by atoms with Crippen molar-refractivity contribution in [3.05, 3.63) is 46.7 Å². The normalized spacial score (nSPS) is 24.4. The van der Waals surface area contributed by atoms with Crippen LogP contribution in [0.3, 0.4) is 0 Å². The Kier molecular flexibility index (Phi) is 6.66. The molecule has 0 radical (unpaired) electrons. The number of rotatable bonds is 5. The summed E-state index contributed by atoms with van der Waals surface area (Å²) in [5.41, 5.74) is 0.494. The molecule has 0 bridgehead atoms. The zero-order valence-electron chi connectivity index (χ0n) is 18.1. The highest BCUT2D eigenvalue weighted by Gasteiger charge is 2.35. The highest BCUT2D eigenvalue weighted by molar-refractivity contribution is 7.89. The van der Waals surface area contributed by atoms with Gasteiger partial charge in [0.25, 0.3) is 5.91 Å². The van der Waals surface area contributed by atoms with Crippen molar-refractivity contribution in [1.82, 2.24) is 9.21 Å². The van der Waals surface area contributed by atoms with E-state index < -0.39 is 16.1 Å². The third kappa shape index (κ3) is 4.73. The molecule has 2 fully saturated rings. The monoisotopic (exact) mass is 477 g/mol. The summed E-state index contributed by atoms with van der Waals surface area (Å²) in [5.74, 6) is -0.396. The lowest BCUT2D eigenvalue weighted by Gasteiger charge is -2.34. The Morgan fingerprint density at radius 3 is 2.41 bits per heavy atom. The fourth-order valence-corrected chi connectivity index (χ4v) is 6.51. The molecule has 1 aromatic carbocycles. The van der Waals surface area contributed by atoms with Crippen LogP contribution in [0.1, 0.15) is 36.4 Å². The number of amides is 2.